The Labute approximate surface area is 256 Å². The summed E-state index contributed by atoms with van der Waals surface area (Å²) in [6.45, 7) is 6.99. The van der Waals surface area contributed by atoms with E-state index in [-0.39, 0.29) is 44.7 Å². The monoisotopic (exact) mass is 658 g/mol. The number of hydrogen-bond donors (Lipinski definition) is 3. The number of hydrogen-bond acceptors (Lipinski definition) is 7. The van der Waals surface area contributed by atoms with Crippen molar-refractivity contribution < 1.29 is 31.1 Å². The van der Waals surface area contributed by atoms with Crippen molar-refractivity contribution in [3.05, 3.63) is 72.9 Å². The predicted molar refractivity (Wildman–Crippen MR) is 160 cm³/mol. The van der Waals surface area contributed by atoms with Gasteiger partial charge in [-0.25, -0.2) is 18.0 Å². The first-order chi connectivity index (χ1) is 20.4. The molecule has 4 rings (SSSR count). The number of carbonyl (C=O) groups excluding carboxylic acids is 1. The minimum absolute atomic E-state index is 0.0418. The fourth-order valence-electron chi connectivity index (χ4n) is 5.27. The maximum Gasteiger partial charge on any atom is 0.416 e. The number of rotatable bonds is 8. The van der Waals surface area contributed by atoms with Gasteiger partial charge in [0.15, 0.2) is 9.84 Å². The molecule has 240 valence electrons. The van der Waals surface area contributed by atoms with Crippen LogP contribution in [0, 0.1) is 5.92 Å². The van der Waals surface area contributed by atoms with Gasteiger partial charge in [-0.3, -0.25) is 9.36 Å². The number of H-pyrrole nitrogens is 1. The van der Waals surface area contributed by atoms with Crippen LogP contribution in [-0.2, 0) is 33.7 Å². The summed E-state index contributed by atoms with van der Waals surface area (Å²) in [5.74, 6) is -0.458. The summed E-state index contributed by atoms with van der Waals surface area (Å²) in [5.41, 5.74) is -4.22. The third kappa shape index (κ3) is 7.64. The van der Waals surface area contributed by atoms with Crippen LogP contribution in [0.15, 0.2) is 44.8 Å². The maximum absolute atomic E-state index is 14.4. The van der Waals surface area contributed by atoms with Crippen LogP contribution in [-0.4, -0.2) is 54.5 Å². The Hall–Kier alpha value is -3.36. The predicted octanol–water partition coefficient (Wildman–Crippen LogP) is 4.25. The summed E-state index contributed by atoms with van der Waals surface area (Å²) in [4.78, 5) is 41.5. The molecule has 0 spiro atoms. The van der Waals surface area contributed by atoms with E-state index in [1.54, 1.807) is 20.8 Å². The summed E-state index contributed by atoms with van der Waals surface area (Å²) in [7, 11) is -3.78. The summed E-state index contributed by atoms with van der Waals surface area (Å²) >= 11 is 6.06. The highest BCUT2D eigenvalue weighted by Gasteiger charge is 2.37. The van der Waals surface area contributed by atoms with E-state index >= 15 is 0 Å². The SMILES string of the molecule is CCS(=O)(=O)c1ccc(Cl)cc1Cn1c(=O)[nH]c2cc(C[C@H](NC(=O)OC(C)(C)C)C3CCNC3)c(C(F)(F)F)cc2c1=O. The number of benzene rings is 2. The number of halogens is 4. The molecule has 0 aliphatic carbocycles. The van der Waals surface area contributed by atoms with E-state index in [1.165, 1.54) is 25.1 Å². The lowest BCUT2D eigenvalue weighted by Crippen LogP contribution is -2.45. The van der Waals surface area contributed by atoms with Crippen LogP contribution in [0.25, 0.3) is 10.9 Å². The second-order valence-electron chi connectivity index (χ2n) is 11.7. The van der Waals surface area contributed by atoms with Crippen molar-refractivity contribution in [2.45, 2.75) is 69.8 Å². The molecular formula is C29H34ClF3N4O6S. The molecule has 10 nitrogen and oxygen atoms in total. The lowest BCUT2D eigenvalue weighted by molar-refractivity contribution is -0.138. The molecule has 3 aromatic rings. The van der Waals surface area contributed by atoms with E-state index in [1.807, 2.05) is 0 Å². The first kappa shape index (κ1) is 33.5. The minimum atomic E-state index is -4.88. The Morgan fingerprint density at radius 3 is 2.45 bits per heavy atom. The lowest BCUT2D eigenvalue weighted by Gasteiger charge is -2.28. The third-order valence-electron chi connectivity index (χ3n) is 7.39. The Bertz CT molecular complexity index is 1790. The molecule has 1 aliphatic heterocycles. The normalized spacial score (nSPS) is 16.7. The van der Waals surface area contributed by atoms with Gasteiger partial charge in [0.2, 0.25) is 0 Å². The molecule has 1 unspecified atom stereocenters. The van der Waals surface area contributed by atoms with Crippen LogP contribution in [0.1, 0.15) is 50.8 Å². The fraction of sp³-hybridized carbons (Fsp3) is 0.483. The second-order valence-corrected chi connectivity index (χ2v) is 14.4. The molecular weight excluding hydrogens is 625 g/mol. The highest BCUT2D eigenvalue weighted by Crippen LogP contribution is 2.35. The molecule has 2 heterocycles. The first-order valence-electron chi connectivity index (χ1n) is 14.0. The van der Waals surface area contributed by atoms with Crippen molar-refractivity contribution in [3.63, 3.8) is 0 Å². The molecule has 2 aromatic carbocycles. The van der Waals surface area contributed by atoms with Crippen molar-refractivity contribution in [1.82, 2.24) is 20.2 Å². The van der Waals surface area contributed by atoms with Gasteiger partial charge in [0, 0.05) is 11.1 Å². The molecule has 0 bridgehead atoms. The van der Waals surface area contributed by atoms with Crippen LogP contribution in [0.4, 0.5) is 18.0 Å². The highest BCUT2D eigenvalue weighted by atomic mass is 35.5. The van der Waals surface area contributed by atoms with E-state index < -0.39 is 62.5 Å². The molecule has 1 aromatic heterocycles. The third-order valence-corrected chi connectivity index (χ3v) is 9.45. The van der Waals surface area contributed by atoms with Crippen molar-refractivity contribution in [2.24, 2.45) is 5.92 Å². The van der Waals surface area contributed by atoms with Gasteiger partial charge in [0.05, 0.1) is 33.7 Å². The summed E-state index contributed by atoms with van der Waals surface area (Å²) in [6, 6.07) is 4.94. The van der Waals surface area contributed by atoms with Crippen molar-refractivity contribution in [1.29, 1.82) is 0 Å². The lowest BCUT2D eigenvalue weighted by atomic mass is 9.90. The summed E-state index contributed by atoms with van der Waals surface area (Å²) in [5, 5.41) is 5.59. The van der Waals surface area contributed by atoms with E-state index in [0.29, 0.717) is 30.1 Å². The van der Waals surface area contributed by atoms with Gasteiger partial charge in [-0.05, 0) is 94.1 Å². The van der Waals surface area contributed by atoms with Crippen LogP contribution >= 0.6 is 11.6 Å². The highest BCUT2D eigenvalue weighted by molar-refractivity contribution is 7.91. The van der Waals surface area contributed by atoms with Crippen LogP contribution in [0.5, 0.6) is 0 Å². The second kappa shape index (κ2) is 12.6. The minimum Gasteiger partial charge on any atom is -0.444 e. The fourth-order valence-corrected chi connectivity index (χ4v) is 6.58. The molecule has 1 amide bonds. The van der Waals surface area contributed by atoms with Gasteiger partial charge >= 0.3 is 18.0 Å². The number of nitrogens with one attached hydrogen (secondary N) is 3. The van der Waals surface area contributed by atoms with Gasteiger partial charge in [-0.2, -0.15) is 13.2 Å². The Morgan fingerprint density at radius 1 is 1.16 bits per heavy atom. The zero-order valence-electron chi connectivity index (χ0n) is 24.6. The van der Waals surface area contributed by atoms with Crippen molar-refractivity contribution in [3.8, 4) is 0 Å². The van der Waals surface area contributed by atoms with E-state index in [4.69, 9.17) is 16.3 Å². The molecule has 1 aliphatic rings. The van der Waals surface area contributed by atoms with Gasteiger partial charge in [0.25, 0.3) is 5.56 Å². The number of ether oxygens (including phenoxy) is 1. The van der Waals surface area contributed by atoms with Gasteiger partial charge < -0.3 is 20.4 Å². The summed E-state index contributed by atoms with van der Waals surface area (Å²) in [6.07, 6.45) is -5.29. The molecule has 0 saturated carbocycles. The number of amides is 1. The van der Waals surface area contributed by atoms with Crippen LogP contribution in [0.2, 0.25) is 5.02 Å². The molecule has 44 heavy (non-hydrogen) atoms. The molecule has 2 atom stereocenters. The Morgan fingerprint density at radius 2 is 1.86 bits per heavy atom. The Kier molecular flexibility index (Phi) is 9.57. The topological polar surface area (TPSA) is 139 Å². The van der Waals surface area contributed by atoms with Gasteiger partial charge in [0.1, 0.15) is 5.60 Å². The molecule has 1 saturated heterocycles. The first-order valence-corrected chi connectivity index (χ1v) is 16.0. The largest absolute Gasteiger partial charge is 0.444 e. The molecule has 15 heteroatoms. The van der Waals surface area contributed by atoms with Crippen molar-refractivity contribution >= 4 is 38.4 Å². The van der Waals surface area contributed by atoms with Gasteiger partial charge in [-0.15, -0.1) is 0 Å². The average molecular weight is 659 g/mol. The van der Waals surface area contributed by atoms with E-state index in [0.717, 1.165) is 6.07 Å². The van der Waals surface area contributed by atoms with E-state index in [2.05, 4.69) is 15.6 Å². The quantitative estimate of drug-likeness (QED) is 0.329. The number of nitrogens with zero attached hydrogens (tertiary/aromatic N) is 1. The number of alkyl halides is 3. The van der Waals surface area contributed by atoms with Crippen molar-refractivity contribution in [2.75, 3.05) is 18.8 Å². The number of fused-ring (bicyclic) bond motifs is 1. The number of sulfone groups is 1. The zero-order chi connectivity index (χ0) is 32.6. The number of aromatic amines is 1. The average Bonchev–Trinajstić information content (AvgIpc) is 3.44. The number of alkyl carbamates (subject to hydrolysis) is 1. The van der Waals surface area contributed by atoms with E-state index in [9.17, 15) is 36.0 Å². The van der Waals surface area contributed by atoms with Crippen LogP contribution < -0.4 is 21.9 Å². The standard InChI is InChI=1S/C29H34ClF3N4O6S/c1-5-44(41,42)24-7-6-19(30)10-18(24)15-37-25(38)20-13-21(29(31,32)33)17(12-23(20)35-26(37)39)11-22(16-8-9-34-14-16)36-27(40)43-28(2,3)4/h6-7,10,12-13,16,22,34H,5,8-9,11,14-15H2,1-4H3,(H,35,39)(H,36,40)/t16?,22-/m0/s1. The zero-order valence-corrected chi connectivity index (χ0v) is 26.2. The molecule has 1 fully saturated rings. The maximum atomic E-state index is 14.4. The molecule has 0 radical (unpaired) electrons. The summed E-state index contributed by atoms with van der Waals surface area (Å²) < 4.78 is 74.5. The smallest absolute Gasteiger partial charge is 0.416 e. The number of aromatic nitrogens is 2. The number of carbonyl (C=O) groups is 1. The van der Waals surface area contributed by atoms with Crippen LogP contribution in [0.3, 0.4) is 0 Å². The van der Waals surface area contributed by atoms with Gasteiger partial charge in [-0.1, -0.05) is 18.5 Å². The Balaban J connectivity index is 1.81. The molecule has 3 N–H and O–H groups in total.